The average molecular weight is 364 g/mol. The SMILES string of the molecule is CCS(=O)(=O)c1ccccc1-c1ccc2nc(C(C)(F)F)cn2c1C. The molecule has 0 aliphatic carbocycles. The molecule has 0 fully saturated rings. The first kappa shape index (κ1) is 17.5. The van der Waals surface area contributed by atoms with Crippen LogP contribution in [-0.2, 0) is 15.8 Å². The van der Waals surface area contributed by atoms with Gasteiger partial charge in [0.2, 0.25) is 0 Å². The third kappa shape index (κ3) is 3.04. The maximum atomic E-state index is 13.6. The van der Waals surface area contributed by atoms with Crippen LogP contribution in [0.2, 0.25) is 0 Å². The van der Waals surface area contributed by atoms with E-state index in [1.165, 1.54) is 6.20 Å². The number of fused-ring (bicyclic) bond motifs is 1. The molecule has 3 aromatic rings. The van der Waals surface area contributed by atoms with Gasteiger partial charge < -0.3 is 4.40 Å². The standard InChI is InChI=1S/C18H18F2N2O2S/c1-4-25(23,24)15-8-6-5-7-14(15)13-9-10-17-21-16(18(3,19)20)11-22(17)12(13)2/h5-11H,4H2,1-3H3. The molecule has 0 saturated carbocycles. The summed E-state index contributed by atoms with van der Waals surface area (Å²) in [6.45, 7) is 4.15. The maximum Gasteiger partial charge on any atom is 0.288 e. The van der Waals surface area contributed by atoms with Crippen LogP contribution >= 0.6 is 0 Å². The first-order valence-corrected chi connectivity index (χ1v) is 9.49. The minimum atomic E-state index is -3.41. The van der Waals surface area contributed by atoms with Gasteiger partial charge in [-0.05, 0) is 25.1 Å². The minimum absolute atomic E-state index is 0.0113. The Morgan fingerprint density at radius 3 is 2.44 bits per heavy atom. The van der Waals surface area contributed by atoms with Crippen molar-refractivity contribution in [1.82, 2.24) is 9.38 Å². The molecule has 0 saturated heterocycles. The highest BCUT2D eigenvalue weighted by molar-refractivity contribution is 7.91. The van der Waals surface area contributed by atoms with Gasteiger partial charge in [-0.3, -0.25) is 0 Å². The van der Waals surface area contributed by atoms with E-state index >= 15 is 0 Å². The van der Waals surface area contributed by atoms with Crippen molar-refractivity contribution >= 4 is 15.5 Å². The fourth-order valence-corrected chi connectivity index (χ4v) is 3.91. The van der Waals surface area contributed by atoms with Gasteiger partial charge in [0, 0.05) is 29.9 Å². The van der Waals surface area contributed by atoms with Gasteiger partial charge in [-0.15, -0.1) is 0 Å². The molecular formula is C18H18F2N2O2S. The molecule has 0 atom stereocenters. The lowest BCUT2D eigenvalue weighted by Gasteiger charge is -2.13. The maximum absolute atomic E-state index is 13.6. The first-order valence-electron chi connectivity index (χ1n) is 7.84. The van der Waals surface area contributed by atoms with Gasteiger partial charge in [-0.1, -0.05) is 25.1 Å². The molecule has 0 unspecified atom stereocenters. The third-order valence-electron chi connectivity index (χ3n) is 4.23. The molecular weight excluding hydrogens is 346 g/mol. The summed E-state index contributed by atoms with van der Waals surface area (Å²) < 4.78 is 53.5. The number of halogens is 2. The molecule has 0 amide bonds. The lowest BCUT2D eigenvalue weighted by atomic mass is 10.0. The minimum Gasteiger partial charge on any atom is -0.303 e. The van der Waals surface area contributed by atoms with Gasteiger partial charge >= 0.3 is 0 Å². The zero-order valence-corrected chi connectivity index (χ0v) is 14.9. The lowest BCUT2D eigenvalue weighted by molar-refractivity contribution is 0.0133. The van der Waals surface area contributed by atoms with Gasteiger partial charge in [0.05, 0.1) is 10.6 Å². The van der Waals surface area contributed by atoms with E-state index in [1.54, 1.807) is 54.6 Å². The van der Waals surface area contributed by atoms with E-state index < -0.39 is 15.8 Å². The summed E-state index contributed by atoms with van der Waals surface area (Å²) >= 11 is 0. The van der Waals surface area contributed by atoms with Crippen molar-refractivity contribution in [3.05, 3.63) is 54.0 Å². The number of hydrogen-bond acceptors (Lipinski definition) is 3. The molecule has 0 bridgehead atoms. The van der Waals surface area contributed by atoms with Crippen LogP contribution in [0.3, 0.4) is 0 Å². The van der Waals surface area contributed by atoms with E-state index in [9.17, 15) is 17.2 Å². The second-order valence-electron chi connectivity index (χ2n) is 5.97. The largest absolute Gasteiger partial charge is 0.303 e. The van der Waals surface area contributed by atoms with Crippen molar-refractivity contribution in [2.45, 2.75) is 31.6 Å². The summed E-state index contributed by atoms with van der Waals surface area (Å²) in [5.41, 5.74) is 1.96. The van der Waals surface area contributed by atoms with Crippen molar-refractivity contribution in [1.29, 1.82) is 0 Å². The van der Waals surface area contributed by atoms with Crippen LogP contribution < -0.4 is 0 Å². The van der Waals surface area contributed by atoms with Crippen molar-refractivity contribution in [3.63, 3.8) is 0 Å². The quantitative estimate of drug-likeness (QED) is 0.697. The van der Waals surface area contributed by atoms with Gasteiger partial charge in [0.15, 0.2) is 9.84 Å². The highest BCUT2D eigenvalue weighted by Gasteiger charge is 2.28. The number of aromatic nitrogens is 2. The topological polar surface area (TPSA) is 51.4 Å². The molecule has 0 N–H and O–H groups in total. The summed E-state index contributed by atoms with van der Waals surface area (Å²) in [5, 5.41) is 0. The fourth-order valence-electron chi connectivity index (χ4n) is 2.80. The average Bonchev–Trinajstić information content (AvgIpc) is 3.01. The number of alkyl halides is 2. The molecule has 0 aliphatic heterocycles. The summed E-state index contributed by atoms with van der Waals surface area (Å²) in [6.07, 6.45) is 1.30. The van der Waals surface area contributed by atoms with E-state index in [0.29, 0.717) is 22.5 Å². The summed E-state index contributed by atoms with van der Waals surface area (Å²) in [4.78, 5) is 4.20. The van der Waals surface area contributed by atoms with Gasteiger partial charge in [-0.2, -0.15) is 8.78 Å². The van der Waals surface area contributed by atoms with Crippen molar-refractivity contribution in [2.75, 3.05) is 5.75 Å². The van der Waals surface area contributed by atoms with Crippen LogP contribution in [0.25, 0.3) is 16.8 Å². The number of rotatable bonds is 4. The Balaban J connectivity index is 2.27. The van der Waals surface area contributed by atoms with Crippen molar-refractivity contribution in [3.8, 4) is 11.1 Å². The predicted molar refractivity (Wildman–Crippen MR) is 92.7 cm³/mol. The molecule has 0 spiro atoms. The monoisotopic (exact) mass is 364 g/mol. The lowest BCUT2D eigenvalue weighted by Crippen LogP contribution is -2.07. The Morgan fingerprint density at radius 2 is 1.80 bits per heavy atom. The van der Waals surface area contributed by atoms with Gasteiger partial charge in [0.1, 0.15) is 11.3 Å². The molecule has 2 aromatic heterocycles. The Hall–Kier alpha value is -2.28. The number of pyridine rings is 1. The van der Waals surface area contributed by atoms with E-state index in [2.05, 4.69) is 4.98 Å². The number of hydrogen-bond donors (Lipinski definition) is 0. The normalized spacial score (nSPS) is 12.7. The molecule has 4 nitrogen and oxygen atoms in total. The summed E-state index contributed by atoms with van der Waals surface area (Å²) in [5.74, 6) is -3.05. The zero-order chi connectivity index (χ0) is 18.4. The number of aryl methyl sites for hydroxylation is 1. The second-order valence-corrected chi connectivity index (χ2v) is 8.22. The van der Waals surface area contributed by atoms with E-state index in [1.807, 2.05) is 0 Å². The molecule has 132 valence electrons. The highest BCUT2D eigenvalue weighted by Crippen LogP contribution is 2.32. The van der Waals surface area contributed by atoms with Crippen LogP contribution in [0.1, 0.15) is 25.2 Å². The summed E-state index contributed by atoms with van der Waals surface area (Å²) in [6, 6.07) is 10.1. The molecule has 7 heteroatoms. The smallest absolute Gasteiger partial charge is 0.288 e. The number of nitrogens with zero attached hydrogens (tertiary/aromatic N) is 2. The van der Waals surface area contributed by atoms with Crippen LogP contribution in [0, 0.1) is 6.92 Å². The fraction of sp³-hybridized carbons (Fsp3) is 0.278. The molecule has 1 aromatic carbocycles. The van der Waals surface area contributed by atoms with E-state index in [4.69, 9.17) is 0 Å². The Labute approximate surface area is 145 Å². The highest BCUT2D eigenvalue weighted by atomic mass is 32.2. The number of sulfone groups is 1. The third-order valence-corrected chi connectivity index (χ3v) is 6.01. The van der Waals surface area contributed by atoms with Gasteiger partial charge in [0.25, 0.3) is 5.92 Å². The number of imidazole rings is 1. The van der Waals surface area contributed by atoms with Crippen LogP contribution in [0.4, 0.5) is 8.78 Å². The molecule has 2 heterocycles. The molecule has 0 radical (unpaired) electrons. The van der Waals surface area contributed by atoms with Crippen LogP contribution in [-0.4, -0.2) is 23.6 Å². The van der Waals surface area contributed by atoms with Crippen LogP contribution in [0.5, 0.6) is 0 Å². The first-order chi connectivity index (χ1) is 11.6. The van der Waals surface area contributed by atoms with E-state index in [-0.39, 0.29) is 16.3 Å². The number of benzene rings is 1. The Bertz CT molecular complexity index is 1050. The van der Waals surface area contributed by atoms with Crippen LogP contribution in [0.15, 0.2) is 47.5 Å². The predicted octanol–water partition coefficient (Wildman–Crippen LogP) is 4.22. The van der Waals surface area contributed by atoms with Gasteiger partial charge in [-0.25, -0.2) is 13.4 Å². The molecule has 25 heavy (non-hydrogen) atoms. The Morgan fingerprint density at radius 1 is 1.12 bits per heavy atom. The Kier molecular flexibility index (Phi) is 4.15. The second kappa shape index (κ2) is 5.91. The molecule has 3 rings (SSSR count). The van der Waals surface area contributed by atoms with Crippen molar-refractivity contribution in [2.24, 2.45) is 0 Å². The van der Waals surface area contributed by atoms with E-state index in [0.717, 1.165) is 6.92 Å². The zero-order valence-electron chi connectivity index (χ0n) is 14.1. The summed E-state index contributed by atoms with van der Waals surface area (Å²) in [7, 11) is -3.41. The van der Waals surface area contributed by atoms with Crippen molar-refractivity contribution < 1.29 is 17.2 Å². The molecule has 0 aliphatic rings.